The van der Waals surface area contributed by atoms with E-state index in [1.165, 1.54) is 12.8 Å². The van der Waals surface area contributed by atoms with Crippen LogP contribution in [-0.4, -0.2) is 24.3 Å². The fraction of sp³-hybridized carbons (Fsp3) is 1.00. The molecule has 2 fully saturated rings. The van der Waals surface area contributed by atoms with Crippen LogP contribution < -0.4 is 5.32 Å². The largest absolute Gasteiger partial charge is 0.393 e. The second kappa shape index (κ2) is 4.24. The van der Waals surface area contributed by atoms with Crippen molar-refractivity contribution >= 4 is 0 Å². The third-order valence-electron chi connectivity index (χ3n) is 3.15. The lowest BCUT2D eigenvalue weighted by atomic mass is 9.93. The highest BCUT2D eigenvalue weighted by Crippen LogP contribution is 2.44. The van der Waals surface area contributed by atoms with Gasteiger partial charge in [-0.15, -0.1) is 0 Å². The first-order valence-electron chi connectivity index (χ1n) is 5.16. The van der Waals surface area contributed by atoms with Gasteiger partial charge in [-0.1, -0.05) is 13.8 Å². The Kier molecular flexibility index (Phi) is 3.53. The Labute approximate surface area is 75.4 Å². The van der Waals surface area contributed by atoms with Gasteiger partial charge in [-0.2, -0.15) is 0 Å². The van der Waals surface area contributed by atoms with Crippen molar-refractivity contribution in [3.8, 4) is 0 Å². The van der Waals surface area contributed by atoms with Crippen molar-refractivity contribution in [1.29, 1.82) is 0 Å². The minimum atomic E-state index is -0.00352. The van der Waals surface area contributed by atoms with Gasteiger partial charge in [0.05, 0.1) is 6.10 Å². The Bertz CT molecular complexity index is 136. The van der Waals surface area contributed by atoms with Crippen LogP contribution in [0.15, 0.2) is 0 Å². The molecule has 0 spiro atoms. The normalized spacial score (nSPS) is 44.0. The molecule has 4 unspecified atom stereocenters. The minimum absolute atomic E-state index is 0.00352. The molecule has 0 aliphatic heterocycles. The molecule has 2 aliphatic carbocycles. The molecular weight excluding hydrogens is 150 g/mol. The van der Waals surface area contributed by atoms with Gasteiger partial charge in [-0.3, -0.25) is 0 Å². The van der Waals surface area contributed by atoms with E-state index in [9.17, 15) is 5.11 Å². The molecule has 0 heterocycles. The SMILES string of the molecule is CC.CNC1CC2CC(O)C1C2. The Balaban J connectivity index is 0.000000336. The molecule has 2 aliphatic rings. The number of hydrogen-bond acceptors (Lipinski definition) is 2. The number of hydrogen-bond donors (Lipinski definition) is 2. The van der Waals surface area contributed by atoms with Gasteiger partial charge in [0.15, 0.2) is 0 Å². The van der Waals surface area contributed by atoms with Gasteiger partial charge in [0.2, 0.25) is 0 Å². The summed E-state index contributed by atoms with van der Waals surface area (Å²) >= 11 is 0. The van der Waals surface area contributed by atoms with Crippen LogP contribution in [0.1, 0.15) is 33.1 Å². The Morgan fingerprint density at radius 1 is 1.17 bits per heavy atom. The van der Waals surface area contributed by atoms with E-state index in [0.717, 1.165) is 12.3 Å². The lowest BCUT2D eigenvalue weighted by molar-refractivity contribution is 0.0954. The third kappa shape index (κ3) is 1.64. The Morgan fingerprint density at radius 3 is 2.17 bits per heavy atom. The summed E-state index contributed by atoms with van der Waals surface area (Å²) in [6.07, 6.45) is 3.60. The molecule has 2 rings (SSSR count). The number of rotatable bonds is 1. The van der Waals surface area contributed by atoms with Crippen LogP contribution in [-0.2, 0) is 0 Å². The van der Waals surface area contributed by atoms with Crippen LogP contribution in [0.4, 0.5) is 0 Å². The number of fused-ring (bicyclic) bond motifs is 2. The predicted molar refractivity (Wildman–Crippen MR) is 51.0 cm³/mol. The van der Waals surface area contributed by atoms with E-state index in [1.54, 1.807) is 0 Å². The van der Waals surface area contributed by atoms with Crippen molar-refractivity contribution in [3.05, 3.63) is 0 Å². The van der Waals surface area contributed by atoms with Crippen molar-refractivity contribution in [3.63, 3.8) is 0 Å². The molecule has 0 aromatic rings. The van der Waals surface area contributed by atoms with E-state index in [0.29, 0.717) is 12.0 Å². The maximum atomic E-state index is 9.48. The first kappa shape index (κ1) is 10.0. The molecule has 2 heteroatoms. The average Bonchev–Trinajstić information content (AvgIpc) is 2.65. The summed E-state index contributed by atoms with van der Waals surface area (Å²) in [4.78, 5) is 0. The number of aliphatic hydroxyl groups excluding tert-OH is 1. The van der Waals surface area contributed by atoms with Crippen LogP contribution >= 0.6 is 0 Å². The lowest BCUT2D eigenvalue weighted by Crippen LogP contribution is -2.37. The van der Waals surface area contributed by atoms with Gasteiger partial charge in [-0.25, -0.2) is 0 Å². The predicted octanol–water partition coefficient (Wildman–Crippen LogP) is 1.39. The molecule has 0 amide bonds. The van der Waals surface area contributed by atoms with Gasteiger partial charge < -0.3 is 10.4 Å². The molecule has 0 aromatic heterocycles. The second-order valence-corrected chi connectivity index (χ2v) is 3.70. The van der Waals surface area contributed by atoms with E-state index >= 15 is 0 Å². The fourth-order valence-corrected chi connectivity index (χ4v) is 2.65. The first-order valence-corrected chi connectivity index (χ1v) is 5.16. The topological polar surface area (TPSA) is 32.3 Å². The van der Waals surface area contributed by atoms with Gasteiger partial charge in [0, 0.05) is 12.0 Å². The summed E-state index contributed by atoms with van der Waals surface area (Å²) in [5, 5.41) is 12.7. The second-order valence-electron chi connectivity index (χ2n) is 3.70. The number of nitrogens with one attached hydrogen (secondary N) is 1. The molecule has 72 valence electrons. The van der Waals surface area contributed by atoms with Crippen LogP contribution in [0, 0.1) is 11.8 Å². The molecule has 0 radical (unpaired) electrons. The summed E-state index contributed by atoms with van der Waals surface area (Å²) in [6, 6.07) is 0.605. The Hall–Kier alpha value is -0.0800. The summed E-state index contributed by atoms with van der Waals surface area (Å²) in [6.45, 7) is 4.00. The van der Waals surface area contributed by atoms with Gasteiger partial charge in [0.25, 0.3) is 0 Å². The Morgan fingerprint density at radius 2 is 1.83 bits per heavy atom. The van der Waals surface area contributed by atoms with Crippen molar-refractivity contribution in [2.24, 2.45) is 11.8 Å². The van der Waals surface area contributed by atoms with Crippen molar-refractivity contribution < 1.29 is 5.11 Å². The summed E-state index contributed by atoms with van der Waals surface area (Å²) < 4.78 is 0. The first-order chi connectivity index (χ1) is 5.81. The van der Waals surface area contributed by atoms with Crippen molar-refractivity contribution in [2.45, 2.75) is 45.3 Å². The van der Waals surface area contributed by atoms with Gasteiger partial charge in [0.1, 0.15) is 0 Å². The fourth-order valence-electron chi connectivity index (χ4n) is 2.65. The monoisotopic (exact) mass is 171 g/mol. The zero-order valence-corrected chi connectivity index (χ0v) is 8.38. The van der Waals surface area contributed by atoms with Crippen LogP contribution in [0.25, 0.3) is 0 Å². The van der Waals surface area contributed by atoms with Gasteiger partial charge in [-0.05, 0) is 32.2 Å². The maximum Gasteiger partial charge on any atom is 0.0586 e. The molecule has 4 atom stereocenters. The highest BCUT2D eigenvalue weighted by molar-refractivity contribution is 4.98. The highest BCUT2D eigenvalue weighted by Gasteiger charge is 2.44. The quantitative estimate of drug-likeness (QED) is 0.625. The maximum absolute atomic E-state index is 9.48. The van der Waals surface area contributed by atoms with E-state index in [4.69, 9.17) is 0 Å². The zero-order valence-electron chi connectivity index (χ0n) is 8.38. The smallest absolute Gasteiger partial charge is 0.0586 e. The molecule has 2 saturated carbocycles. The van der Waals surface area contributed by atoms with E-state index in [2.05, 4.69) is 5.32 Å². The summed E-state index contributed by atoms with van der Waals surface area (Å²) in [5.41, 5.74) is 0. The zero-order chi connectivity index (χ0) is 9.14. The van der Waals surface area contributed by atoms with Crippen molar-refractivity contribution in [2.75, 3.05) is 7.05 Å². The van der Waals surface area contributed by atoms with Crippen LogP contribution in [0.2, 0.25) is 0 Å². The van der Waals surface area contributed by atoms with Crippen molar-refractivity contribution in [1.82, 2.24) is 5.32 Å². The van der Waals surface area contributed by atoms with Crippen LogP contribution in [0.3, 0.4) is 0 Å². The lowest BCUT2D eigenvalue weighted by Gasteiger charge is -2.25. The molecule has 0 saturated heterocycles. The molecule has 2 N–H and O–H groups in total. The molecule has 12 heavy (non-hydrogen) atoms. The van der Waals surface area contributed by atoms with Crippen LogP contribution in [0.5, 0.6) is 0 Å². The van der Waals surface area contributed by atoms with E-state index in [1.807, 2.05) is 20.9 Å². The summed E-state index contributed by atoms with van der Waals surface area (Å²) in [5.74, 6) is 1.38. The third-order valence-corrected chi connectivity index (χ3v) is 3.15. The minimum Gasteiger partial charge on any atom is -0.393 e. The molecule has 2 bridgehead atoms. The number of aliphatic hydroxyl groups is 1. The highest BCUT2D eigenvalue weighted by atomic mass is 16.3. The van der Waals surface area contributed by atoms with E-state index in [-0.39, 0.29) is 6.10 Å². The standard InChI is InChI=1S/C8H15NO.C2H6/c1-9-7-3-5-2-6(7)8(10)4-5;1-2/h5-10H,2-4H2,1H3;1-2H3. The average molecular weight is 171 g/mol. The van der Waals surface area contributed by atoms with E-state index < -0.39 is 0 Å². The summed E-state index contributed by atoms with van der Waals surface area (Å²) in [7, 11) is 2.00. The molecule has 0 aromatic carbocycles. The molecule has 2 nitrogen and oxygen atoms in total. The van der Waals surface area contributed by atoms with Gasteiger partial charge >= 0.3 is 0 Å². The molecular formula is C10H21NO.